The van der Waals surface area contributed by atoms with Gasteiger partial charge < -0.3 is 10.3 Å². The minimum absolute atomic E-state index is 0.329. The second-order valence-corrected chi connectivity index (χ2v) is 3.96. The number of aromatic nitrogens is 2. The number of H-pyrrole nitrogens is 1. The Morgan fingerprint density at radius 3 is 3.00 bits per heavy atom. The first kappa shape index (κ1) is 10.2. The Labute approximate surface area is 96.5 Å². The lowest BCUT2D eigenvalue weighted by Gasteiger charge is -2.06. The van der Waals surface area contributed by atoms with E-state index in [1.54, 1.807) is 12.1 Å². The highest BCUT2D eigenvalue weighted by Crippen LogP contribution is 2.25. The third kappa shape index (κ3) is 1.74. The van der Waals surface area contributed by atoms with Crippen molar-refractivity contribution in [3.8, 4) is 11.3 Å². The highest BCUT2D eigenvalue weighted by Gasteiger charge is 2.18. The third-order valence-electron chi connectivity index (χ3n) is 2.82. The Balaban J connectivity index is 2.24. The van der Waals surface area contributed by atoms with Crippen LogP contribution < -0.4 is 11.0 Å². The van der Waals surface area contributed by atoms with Crippen LogP contribution in [-0.4, -0.2) is 9.97 Å². The van der Waals surface area contributed by atoms with Gasteiger partial charge in [-0.15, -0.1) is 0 Å². The summed E-state index contributed by atoms with van der Waals surface area (Å²) in [7, 11) is 0. The zero-order valence-corrected chi connectivity index (χ0v) is 8.96. The van der Waals surface area contributed by atoms with E-state index in [-0.39, 0.29) is 5.82 Å². The Kier molecular flexibility index (Phi) is 2.26. The van der Waals surface area contributed by atoms with E-state index in [0.717, 1.165) is 11.3 Å². The number of nitrogens with zero attached hydrogens (tertiary/aromatic N) is 1. The van der Waals surface area contributed by atoms with E-state index in [1.165, 1.54) is 12.1 Å². The molecule has 0 unspecified atom stereocenters. The van der Waals surface area contributed by atoms with Crippen LogP contribution in [0.1, 0.15) is 11.3 Å². The van der Waals surface area contributed by atoms with Crippen molar-refractivity contribution in [1.29, 1.82) is 0 Å². The number of halogens is 1. The minimum Gasteiger partial charge on any atom is -0.308 e. The molecule has 0 radical (unpaired) electrons. The molecule has 1 aromatic heterocycles. The number of aromatic amines is 1. The molecule has 1 aliphatic rings. The van der Waals surface area contributed by atoms with Crippen molar-refractivity contribution in [3.63, 3.8) is 0 Å². The van der Waals surface area contributed by atoms with Crippen LogP contribution in [0, 0.1) is 5.82 Å². The second kappa shape index (κ2) is 3.78. The maximum atomic E-state index is 13.2. The first-order valence-corrected chi connectivity index (χ1v) is 5.33. The molecule has 5 heteroatoms. The topological polar surface area (TPSA) is 57.8 Å². The molecule has 2 N–H and O–H groups in total. The Bertz CT molecular complexity index is 636. The lowest BCUT2D eigenvalue weighted by Crippen LogP contribution is -2.14. The zero-order chi connectivity index (χ0) is 11.8. The summed E-state index contributed by atoms with van der Waals surface area (Å²) >= 11 is 0. The summed E-state index contributed by atoms with van der Waals surface area (Å²) in [5.41, 5.74) is 2.58. The molecule has 0 saturated heterocycles. The van der Waals surface area contributed by atoms with Gasteiger partial charge >= 0.3 is 5.69 Å². The monoisotopic (exact) mass is 231 g/mol. The number of nitrogens with one attached hydrogen (secondary N) is 2. The number of rotatable bonds is 1. The molecule has 0 spiro atoms. The number of benzene rings is 1. The van der Waals surface area contributed by atoms with Crippen LogP contribution in [0.5, 0.6) is 0 Å². The van der Waals surface area contributed by atoms with Crippen LogP contribution in [0.4, 0.5) is 4.39 Å². The summed E-state index contributed by atoms with van der Waals surface area (Å²) in [4.78, 5) is 18.0. The largest absolute Gasteiger partial charge is 0.345 e. The van der Waals surface area contributed by atoms with Gasteiger partial charge in [0.1, 0.15) is 5.82 Å². The predicted molar refractivity (Wildman–Crippen MR) is 60.8 cm³/mol. The second-order valence-electron chi connectivity index (χ2n) is 3.96. The fourth-order valence-corrected chi connectivity index (χ4v) is 2.07. The fraction of sp³-hybridized carbons (Fsp3) is 0.167. The molecular weight excluding hydrogens is 221 g/mol. The van der Waals surface area contributed by atoms with Gasteiger partial charge in [-0.2, -0.15) is 4.98 Å². The highest BCUT2D eigenvalue weighted by molar-refractivity contribution is 5.64. The van der Waals surface area contributed by atoms with Crippen molar-refractivity contribution in [2.24, 2.45) is 0 Å². The summed E-state index contributed by atoms with van der Waals surface area (Å²) in [6.07, 6.45) is 0. The summed E-state index contributed by atoms with van der Waals surface area (Å²) in [6, 6.07) is 6.13. The van der Waals surface area contributed by atoms with Gasteiger partial charge in [0.2, 0.25) is 0 Å². The molecule has 0 saturated carbocycles. The summed E-state index contributed by atoms with van der Waals surface area (Å²) in [5.74, 6) is -0.329. The van der Waals surface area contributed by atoms with Crippen molar-refractivity contribution in [1.82, 2.24) is 15.3 Å². The summed E-state index contributed by atoms with van der Waals surface area (Å²) in [5, 5.41) is 3.14. The number of fused-ring (bicyclic) bond motifs is 1. The van der Waals surface area contributed by atoms with Gasteiger partial charge in [0.15, 0.2) is 0 Å². The van der Waals surface area contributed by atoms with Gasteiger partial charge in [-0.25, -0.2) is 9.18 Å². The molecule has 0 amide bonds. The van der Waals surface area contributed by atoms with Gasteiger partial charge in [-0.3, -0.25) is 0 Å². The van der Waals surface area contributed by atoms with Crippen molar-refractivity contribution in [2.45, 2.75) is 13.1 Å². The predicted octanol–water partition coefficient (Wildman–Crippen LogP) is 1.18. The Morgan fingerprint density at radius 2 is 2.18 bits per heavy atom. The van der Waals surface area contributed by atoms with Gasteiger partial charge in [0, 0.05) is 29.9 Å². The number of hydrogen-bond donors (Lipinski definition) is 2. The molecule has 1 aliphatic heterocycles. The SMILES string of the molecule is O=c1nc(-c2cccc(F)c2)c2c([nH]1)CNC2. The average Bonchev–Trinajstić information content (AvgIpc) is 2.75. The van der Waals surface area contributed by atoms with E-state index in [1.807, 2.05) is 0 Å². The fourth-order valence-electron chi connectivity index (χ4n) is 2.07. The molecule has 2 heterocycles. The molecule has 0 fully saturated rings. The lowest BCUT2D eigenvalue weighted by molar-refractivity contribution is 0.628. The average molecular weight is 231 g/mol. The van der Waals surface area contributed by atoms with Gasteiger partial charge in [0.05, 0.1) is 5.69 Å². The third-order valence-corrected chi connectivity index (χ3v) is 2.82. The van der Waals surface area contributed by atoms with Gasteiger partial charge in [-0.05, 0) is 12.1 Å². The molecule has 3 rings (SSSR count). The molecule has 0 atom stereocenters. The molecule has 1 aromatic carbocycles. The maximum absolute atomic E-state index is 13.2. The first-order chi connectivity index (χ1) is 8.24. The summed E-state index contributed by atoms with van der Waals surface area (Å²) < 4.78 is 13.2. The van der Waals surface area contributed by atoms with E-state index in [4.69, 9.17) is 0 Å². The van der Waals surface area contributed by atoms with Gasteiger partial charge in [0.25, 0.3) is 0 Å². The van der Waals surface area contributed by atoms with E-state index in [2.05, 4.69) is 15.3 Å². The molecule has 17 heavy (non-hydrogen) atoms. The molecule has 86 valence electrons. The van der Waals surface area contributed by atoms with E-state index in [9.17, 15) is 9.18 Å². The van der Waals surface area contributed by atoms with Crippen molar-refractivity contribution >= 4 is 0 Å². The zero-order valence-electron chi connectivity index (χ0n) is 8.96. The van der Waals surface area contributed by atoms with Crippen molar-refractivity contribution in [2.75, 3.05) is 0 Å². The standard InChI is InChI=1S/C12H10FN3O/c13-8-3-1-2-7(4-8)11-9-5-14-6-10(9)15-12(17)16-11/h1-4,14H,5-6H2,(H,15,16,17). The van der Waals surface area contributed by atoms with Crippen molar-refractivity contribution < 1.29 is 4.39 Å². The van der Waals surface area contributed by atoms with Gasteiger partial charge in [-0.1, -0.05) is 12.1 Å². The number of hydrogen-bond acceptors (Lipinski definition) is 3. The van der Waals surface area contributed by atoms with Crippen LogP contribution in [-0.2, 0) is 13.1 Å². The Hall–Kier alpha value is -2.01. The smallest absolute Gasteiger partial charge is 0.308 e. The molecular formula is C12H10FN3O. The van der Waals surface area contributed by atoms with Crippen LogP contribution in [0.3, 0.4) is 0 Å². The molecule has 0 bridgehead atoms. The Morgan fingerprint density at radius 1 is 1.29 bits per heavy atom. The minimum atomic E-state index is -0.397. The maximum Gasteiger partial charge on any atom is 0.345 e. The first-order valence-electron chi connectivity index (χ1n) is 5.33. The van der Waals surface area contributed by atoms with Crippen LogP contribution in [0.2, 0.25) is 0 Å². The van der Waals surface area contributed by atoms with E-state index in [0.29, 0.717) is 24.3 Å². The lowest BCUT2D eigenvalue weighted by atomic mass is 10.1. The van der Waals surface area contributed by atoms with Crippen molar-refractivity contribution in [3.05, 3.63) is 51.8 Å². The van der Waals surface area contributed by atoms with Crippen LogP contribution in [0.15, 0.2) is 29.1 Å². The van der Waals surface area contributed by atoms with Crippen LogP contribution >= 0.6 is 0 Å². The molecule has 0 aliphatic carbocycles. The molecule has 2 aromatic rings. The summed E-state index contributed by atoms with van der Waals surface area (Å²) in [6.45, 7) is 1.26. The quantitative estimate of drug-likeness (QED) is 0.774. The van der Waals surface area contributed by atoms with E-state index >= 15 is 0 Å². The molecule has 4 nitrogen and oxygen atoms in total. The van der Waals surface area contributed by atoms with Crippen LogP contribution in [0.25, 0.3) is 11.3 Å². The normalized spacial score (nSPS) is 13.7. The van der Waals surface area contributed by atoms with E-state index < -0.39 is 5.69 Å². The highest BCUT2D eigenvalue weighted by atomic mass is 19.1.